The molecule has 1 aliphatic heterocycles. The van der Waals surface area contributed by atoms with E-state index in [4.69, 9.17) is 4.74 Å². The zero-order chi connectivity index (χ0) is 7.35. The molecule has 0 saturated carbocycles. The van der Waals surface area contributed by atoms with Crippen molar-refractivity contribution in [2.24, 2.45) is 0 Å². The van der Waals surface area contributed by atoms with Gasteiger partial charge >= 0.3 is 0 Å². The maximum atomic E-state index is 9.27. The summed E-state index contributed by atoms with van der Waals surface area (Å²) in [5, 5.41) is 18.5. The fourth-order valence-electron chi connectivity index (χ4n) is 1.40. The van der Waals surface area contributed by atoms with Crippen molar-refractivity contribution in [1.82, 2.24) is 0 Å². The number of aliphatic hydroxyl groups is 2. The van der Waals surface area contributed by atoms with E-state index < -0.39 is 17.8 Å². The van der Waals surface area contributed by atoms with Crippen molar-refractivity contribution in [2.45, 2.75) is 30.8 Å². The van der Waals surface area contributed by atoms with Crippen LogP contribution in [-0.4, -0.2) is 34.1 Å². The van der Waals surface area contributed by atoms with Crippen molar-refractivity contribution in [2.75, 3.05) is 0 Å². The van der Waals surface area contributed by atoms with E-state index in [1.165, 1.54) is 0 Å². The summed E-state index contributed by atoms with van der Waals surface area (Å²) in [6.07, 6.45) is 1.87. The molecule has 3 nitrogen and oxygen atoms in total. The Balaban J connectivity index is 2.25. The molecule has 2 rings (SSSR count). The number of hydrogen-bond donors (Lipinski definition) is 2. The Morgan fingerprint density at radius 3 is 2.70 bits per heavy atom. The van der Waals surface area contributed by atoms with Gasteiger partial charge in [0.15, 0.2) is 0 Å². The first-order valence-corrected chi connectivity index (χ1v) is 3.37. The molecule has 1 heterocycles. The first kappa shape index (κ1) is 6.34. The van der Waals surface area contributed by atoms with Gasteiger partial charge in [0.25, 0.3) is 0 Å². The van der Waals surface area contributed by atoms with Crippen LogP contribution in [0.15, 0.2) is 12.2 Å². The molecule has 2 N–H and O–H groups in total. The van der Waals surface area contributed by atoms with Gasteiger partial charge in [0, 0.05) is 0 Å². The molecule has 4 unspecified atom stereocenters. The lowest BCUT2D eigenvalue weighted by Gasteiger charge is -2.16. The van der Waals surface area contributed by atoms with Crippen LogP contribution in [0.3, 0.4) is 0 Å². The van der Waals surface area contributed by atoms with Gasteiger partial charge in [-0.25, -0.2) is 0 Å². The van der Waals surface area contributed by atoms with E-state index in [1.807, 2.05) is 0 Å². The Bertz CT molecular complexity index is 189. The van der Waals surface area contributed by atoms with E-state index in [1.54, 1.807) is 19.1 Å². The predicted octanol–water partition coefficient (Wildman–Crippen LogP) is -0.565. The molecule has 0 spiro atoms. The van der Waals surface area contributed by atoms with Crippen LogP contribution in [0.2, 0.25) is 0 Å². The van der Waals surface area contributed by atoms with Gasteiger partial charge in [0.05, 0.1) is 0 Å². The fourth-order valence-corrected chi connectivity index (χ4v) is 1.40. The Labute approximate surface area is 58.9 Å². The summed E-state index contributed by atoms with van der Waals surface area (Å²) >= 11 is 0. The number of hydrogen-bond acceptors (Lipinski definition) is 3. The maximum Gasteiger partial charge on any atom is 0.124 e. The average molecular weight is 142 g/mol. The normalized spacial score (nSPS) is 58.1. The molecule has 1 saturated heterocycles. The minimum atomic E-state index is -0.555. The van der Waals surface area contributed by atoms with Gasteiger partial charge < -0.3 is 14.9 Å². The number of fused-ring (bicyclic) bond motifs is 1. The van der Waals surface area contributed by atoms with E-state index >= 15 is 0 Å². The van der Waals surface area contributed by atoms with Crippen LogP contribution in [-0.2, 0) is 4.74 Å². The third kappa shape index (κ3) is 0.599. The maximum absolute atomic E-state index is 9.27. The zero-order valence-corrected chi connectivity index (χ0v) is 5.69. The standard InChI is InChI=1S/C7H10O3/c1-7-5(9)3-2-4(8)6(7)10-7/h2-6,8-9H,1H3. The molecular weight excluding hydrogens is 132 g/mol. The van der Waals surface area contributed by atoms with Crippen molar-refractivity contribution in [1.29, 1.82) is 0 Å². The highest BCUT2D eigenvalue weighted by atomic mass is 16.6. The molecule has 56 valence electrons. The largest absolute Gasteiger partial charge is 0.386 e. The van der Waals surface area contributed by atoms with E-state index in [0.717, 1.165) is 0 Å². The third-order valence-electron chi connectivity index (χ3n) is 2.28. The molecule has 1 aliphatic carbocycles. The topological polar surface area (TPSA) is 53.0 Å². The number of rotatable bonds is 0. The lowest BCUT2D eigenvalue weighted by molar-refractivity contribution is 0.122. The molecule has 0 aromatic rings. The van der Waals surface area contributed by atoms with E-state index in [0.29, 0.717) is 0 Å². The van der Waals surface area contributed by atoms with Crippen molar-refractivity contribution in [3.8, 4) is 0 Å². The lowest BCUT2D eigenvalue weighted by Crippen LogP contribution is -2.35. The molecule has 10 heavy (non-hydrogen) atoms. The van der Waals surface area contributed by atoms with Crippen molar-refractivity contribution >= 4 is 0 Å². The molecule has 0 radical (unpaired) electrons. The predicted molar refractivity (Wildman–Crippen MR) is 34.4 cm³/mol. The summed E-state index contributed by atoms with van der Waals surface area (Å²) in [6.45, 7) is 1.80. The van der Waals surface area contributed by atoms with Gasteiger partial charge in [-0.2, -0.15) is 0 Å². The number of aliphatic hydroxyl groups excluding tert-OH is 2. The first-order valence-electron chi connectivity index (χ1n) is 3.37. The Morgan fingerprint density at radius 2 is 2.10 bits per heavy atom. The summed E-state index contributed by atoms with van der Waals surface area (Å²) in [7, 11) is 0. The summed E-state index contributed by atoms with van der Waals surface area (Å²) in [6, 6.07) is 0. The Kier molecular flexibility index (Phi) is 1.02. The molecule has 0 bridgehead atoms. The molecule has 1 fully saturated rings. The minimum Gasteiger partial charge on any atom is -0.386 e. The van der Waals surface area contributed by atoms with Crippen LogP contribution in [0, 0.1) is 0 Å². The van der Waals surface area contributed by atoms with Crippen LogP contribution in [0.4, 0.5) is 0 Å². The molecule has 0 amide bonds. The van der Waals surface area contributed by atoms with E-state index in [-0.39, 0.29) is 6.10 Å². The van der Waals surface area contributed by atoms with Crippen LogP contribution in [0.5, 0.6) is 0 Å². The number of epoxide rings is 1. The quantitative estimate of drug-likeness (QED) is 0.352. The van der Waals surface area contributed by atoms with Gasteiger partial charge in [0.2, 0.25) is 0 Å². The van der Waals surface area contributed by atoms with Crippen LogP contribution in [0.1, 0.15) is 6.92 Å². The Morgan fingerprint density at radius 1 is 1.40 bits per heavy atom. The van der Waals surface area contributed by atoms with Gasteiger partial charge in [-0.05, 0) is 6.92 Å². The summed E-state index contributed by atoms with van der Waals surface area (Å²) in [4.78, 5) is 0. The molecule has 0 aromatic heterocycles. The van der Waals surface area contributed by atoms with Crippen molar-refractivity contribution in [3.63, 3.8) is 0 Å². The summed E-state index contributed by atoms with van der Waals surface area (Å²) in [5.74, 6) is 0. The van der Waals surface area contributed by atoms with E-state index in [9.17, 15) is 10.2 Å². The minimum absolute atomic E-state index is 0.188. The molecule has 4 atom stereocenters. The van der Waals surface area contributed by atoms with E-state index in [2.05, 4.69) is 0 Å². The van der Waals surface area contributed by atoms with Gasteiger partial charge in [-0.15, -0.1) is 0 Å². The van der Waals surface area contributed by atoms with Gasteiger partial charge in [0.1, 0.15) is 23.9 Å². The highest BCUT2D eigenvalue weighted by molar-refractivity contribution is 5.22. The third-order valence-corrected chi connectivity index (χ3v) is 2.28. The zero-order valence-electron chi connectivity index (χ0n) is 5.69. The highest BCUT2D eigenvalue weighted by Crippen LogP contribution is 2.44. The summed E-state index contributed by atoms with van der Waals surface area (Å²) < 4.78 is 5.13. The monoisotopic (exact) mass is 142 g/mol. The van der Waals surface area contributed by atoms with Crippen LogP contribution in [0.25, 0.3) is 0 Å². The average Bonchev–Trinajstić information content (AvgIpc) is 2.56. The molecule has 3 heteroatoms. The molecular formula is C7H10O3. The Hall–Kier alpha value is -0.380. The van der Waals surface area contributed by atoms with Crippen LogP contribution < -0.4 is 0 Å². The van der Waals surface area contributed by atoms with Gasteiger partial charge in [-0.3, -0.25) is 0 Å². The smallest absolute Gasteiger partial charge is 0.124 e. The fraction of sp³-hybridized carbons (Fsp3) is 0.714. The van der Waals surface area contributed by atoms with Crippen LogP contribution >= 0.6 is 0 Å². The second-order valence-electron chi connectivity index (χ2n) is 3.04. The van der Waals surface area contributed by atoms with Crippen molar-refractivity contribution < 1.29 is 14.9 Å². The second-order valence-corrected chi connectivity index (χ2v) is 3.04. The SMILES string of the molecule is CC12OC1C(O)C=CC2O. The second kappa shape index (κ2) is 1.61. The van der Waals surface area contributed by atoms with Gasteiger partial charge in [-0.1, -0.05) is 12.2 Å². The summed E-state index contributed by atoms with van der Waals surface area (Å²) in [5.41, 5.74) is -0.506. The van der Waals surface area contributed by atoms with Crippen molar-refractivity contribution in [3.05, 3.63) is 12.2 Å². The first-order chi connectivity index (χ1) is 4.64. The number of ether oxygens (including phenoxy) is 1. The lowest BCUT2D eigenvalue weighted by atomic mass is 9.92. The molecule has 0 aromatic carbocycles. The molecule has 2 aliphatic rings. The highest BCUT2D eigenvalue weighted by Gasteiger charge is 2.61.